The summed E-state index contributed by atoms with van der Waals surface area (Å²) in [7, 11) is -4.01. The van der Waals surface area contributed by atoms with Crippen molar-refractivity contribution < 1.29 is 27.9 Å². The Labute approximate surface area is 169 Å². The van der Waals surface area contributed by atoms with Crippen molar-refractivity contribution in [1.82, 2.24) is 4.72 Å². The van der Waals surface area contributed by atoms with Crippen molar-refractivity contribution in [2.45, 2.75) is 20.3 Å². The number of rotatable bonds is 6. The number of phenols is 1. The molecule has 0 radical (unpaired) electrons. The predicted molar refractivity (Wildman–Crippen MR) is 109 cm³/mol. The van der Waals surface area contributed by atoms with Crippen LogP contribution < -0.4 is 9.03 Å². The fourth-order valence-corrected chi connectivity index (χ4v) is 4.20. The molecule has 1 unspecified atom stereocenters. The molecule has 0 aliphatic carbocycles. The lowest BCUT2D eigenvalue weighted by molar-refractivity contribution is -0.147. The molecule has 0 bridgehead atoms. The van der Waals surface area contributed by atoms with E-state index in [4.69, 9.17) is 4.74 Å². The van der Waals surface area contributed by atoms with Crippen molar-refractivity contribution in [3.8, 4) is 5.75 Å². The molecule has 1 aliphatic heterocycles. The van der Waals surface area contributed by atoms with Crippen LogP contribution in [0, 0.1) is 5.92 Å². The van der Waals surface area contributed by atoms with E-state index < -0.39 is 16.1 Å². The van der Waals surface area contributed by atoms with Gasteiger partial charge in [-0.3, -0.25) is 9.59 Å². The van der Waals surface area contributed by atoms with Gasteiger partial charge >= 0.3 is 16.2 Å². The molecule has 1 saturated heterocycles. The first-order valence-corrected chi connectivity index (χ1v) is 10.6. The molecule has 154 valence electrons. The Kier molecular flexibility index (Phi) is 5.78. The zero-order valence-electron chi connectivity index (χ0n) is 16.1. The van der Waals surface area contributed by atoms with Crippen molar-refractivity contribution in [2.24, 2.45) is 5.92 Å². The molecule has 3 rings (SSSR count). The third-order valence-electron chi connectivity index (χ3n) is 4.54. The summed E-state index contributed by atoms with van der Waals surface area (Å²) in [5.74, 6) is -1.38. The smallest absolute Gasteiger partial charge is 0.326 e. The average molecular weight is 418 g/mol. The summed E-state index contributed by atoms with van der Waals surface area (Å²) >= 11 is 0. The number of fused-ring (bicyclic) bond motifs is 1. The van der Waals surface area contributed by atoms with Crippen LogP contribution in [-0.4, -0.2) is 38.6 Å². The molecule has 0 aromatic heterocycles. The van der Waals surface area contributed by atoms with Crippen LogP contribution in [0.15, 0.2) is 36.4 Å². The summed E-state index contributed by atoms with van der Waals surface area (Å²) < 4.78 is 31.8. The highest BCUT2D eigenvalue weighted by Crippen LogP contribution is 2.35. The molecular formula is C20H22N2O6S. The Hall–Kier alpha value is -3.07. The van der Waals surface area contributed by atoms with Crippen molar-refractivity contribution in [3.63, 3.8) is 0 Å². The molecule has 29 heavy (non-hydrogen) atoms. The maximum absolute atomic E-state index is 12.1. The minimum atomic E-state index is -4.01. The molecule has 1 atom stereocenters. The molecule has 2 aromatic rings. The zero-order chi connectivity index (χ0) is 21.2. The van der Waals surface area contributed by atoms with E-state index in [9.17, 15) is 23.1 Å². The van der Waals surface area contributed by atoms with Crippen LogP contribution in [0.2, 0.25) is 0 Å². The number of aromatic hydroxyl groups is 1. The Balaban J connectivity index is 1.86. The highest BCUT2D eigenvalue weighted by atomic mass is 32.2. The monoisotopic (exact) mass is 418 g/mol. The molecule has 8 nitrogen and oxygen atoms in total. The van der Waals surface area contributed by atoms with Crippen LogP contribution in [0.1, 0.15) is 25.8 Å². The number of nitrogens with zero attached hydrogens (tertiary/aromatic N) is 1. The quantitative estimate of drug-likeness (QED) is 0.696. The van der Waals surface area contributed by atoms with Crippen LogP contribution in [0.25, 0.3) is 16.8 Å². The van der Waals surface area contributed by atoms with E-state index in [-0.39, 0.29) is 29.9 Å². The maximum atomic E-state index is 12.1. The molecule has 2 N–H and O–H groups in total. The fourth-order valence-electron chi connectivity index (χ4n) is 3.05. The number of carbonyl (C=O) groups excluding carboxylic acids is 2. The summed E-state index contributed by atoms with van der Waals surface area (Å²) in [6, 6.07) is 8.47. The van der Waals surface area contributed by atoms with E-state index in [0.29, 0.717) is 18.4 Å². The number of esters is 1. The standard InChI is InChI=1S/C20H22N2O6S/c1-3-28-20(25)13(2)5-4-6-14-7-8-15-11-18(23)17(10-16(15)9-14)22-12-19(24)21-29(22,26)27/h4,6-11,13,23H,3,5,12H2,1-2H3,(H,21,24). The van der Waals surface area contributed by atoms with Gasteiger partial charge in [-0.05, 0) is 47.9 Å². The number of allylic oxidation sites excluding steroid dienone is 1. The molecule has 1 amide bonds. The first-order valence-electron chi connectivity index (χ1n) is 9.14. The minimum Gasteiger partial charge on any atom is -0.506 e. The number of benzene rings is 2. The van der Waals surface area contributed by atoms with Gasteiger partial charge < -0.3 is 9.84 Å². The second kappa shape index (κ2) is 8.12. The summed E-state index contributed by atoms with van der Waals surface area (Å²) in [4.78, 5) is 23.1. The molecule has 9 heteroatoms. The summed E-state index contributed by atoms with van der Waals surface area (Å²) in [5, 5.41) is 11.7. The summed E-state index contributed by atoms with van der Waals surface area (Å²) in [6.07, 6.45) is 4.26. The van der Waals surface area contributed by atoms with Crippen molar-refractivity contribution in [3.05, 3.63) is 42.0 Å². The van der Waals surface area contributed by atoms with Gasteiger partial charge in [0.1, 0.15) is 12.3 Å². The number of ether oxygens (including phenoxy) is 1. The van der Waals surface area contributed by atoms with Crippen LogP contribution in [-0.2, 0) is 24.5 Å². The van der Waals surface area contributed by atoms with Gasteiger partial charge in [-0.15, -0.1) is 0 Å². The summed E-state index contributed by atoms with van der Waals surface area (Å²) in [6.45, 7) is 3.53. The third kappa shape index (κ3) is 4.51. The highest BCUT2D eigenvalue weighted by molar-refractivity contribution is 7.92. The van der Waals surface area contributed by atoms with Gasteiger partial charge in [0.25, 0.3) is 5.91 Å². The third-order valence-corrected chi connectivity index (χ3v) is 5.93. The number of hydrogen-bond acceptors (Lipinski definition) is 6. The SMILES string of the molecule is CCOC(=O)C(C)CC=Cc1ccc2cc(O)c(N3CC(=O)NS3(=O)=O)cc2c1. The van der Waals surface area contributed by atoms with Crippen molar-refractivity contribution >= 4 is 44.6 Å². The minimum absolute atomic E-state index is 0.0351. The number of carbonyl (C=O) groups is 2. The molecular weight excluding hydrogens is 396 g/mol. The Bertz CT molecular complexity index is 1090. The zero-order valence-corrected chi connectivity index (χ0v) is 16.9. The molecule has 1 fully saturated rings. The molecule has 0 saturated carbocycles. The highest BCUT2D eigenvalue weighted by Gasteiger charge is 2.35. The van der Waals surface area contributed by atoms with Gasteiger partial charge in [-0.25, -0.2) is 9.03 Å². The molecule has 1 heterocycles. The van der Waals surface area contributed by atoms with Gasteiger partial charge in [0, 0.05) is 0 Å². The van der Waals surface area contributed by atoms with Gasteiger partial charge in [0.15, 0.2) is 0 Å². The number of anilines is 1. The van der Waals surface area contributed by atoms with E-state index in [0.717, 1.165) is 15.3 Å². The van der Waals surface area contributed by atoms with E-state index in [2.05, 4.69) is 0 Å². The van der Waals surface area contributed by atoms with E-state index in [1.807, 2.05) is 29.0 Å². The Morgan fingerprint density at radius 2 is 2.07 bits per heavy atom. The molecule has 1 aliphatic rings. The lowest BCUT2D eigenvalue weighted by atomic mass is 10.0. The van der Waals surface area contributed by atoms with Gasteiger partial charge in [-0.2, -0.15) is 8.42 Å². The number of phenolic OH excluding ortho intramolecular Hbond substituents is 1. The Morgan fingerprint density at radius 1 is 1.31 bits per heavy atom. The molecule has 0 spiro atoms. The fraction of sp³-hybridized carbons (Fsp3) is 0.300. The first-order chi connectivity index (χ1) is 13.7. The topological polar surface area (TPSA) is 113 Å². The van der Waals surface area contributed by atoms with E-state index in [1.54, 1.807) is 19.9 Å². The Morgan fingerprint density at radius 3 is 2.72 bits per heavy atom. The van der Waals surface area contributed by atoms with Gasteiger partial charge in [0.05, 0.1) is 18.2 Å². The number of nitrogens with one attached hydrogen (secondary N) is 1. The predicted octanol–water partition coefficient (Wildman–Crippen LogP) is 2.33. The summed E-state index contributed by atoms with van der Waals surface area (Å²) in [5.41, 5.74) is 0.886. The second-order valence-corrected chi connectivity index (χ2v) is 8.37. The second-order valence-electron chi connectivity index (χ2n) is 6.78. The maximum Gasteiger partial charge on any atom is 0.326 e. The average Bonchev–Trinajstić information content (AvgIpc) is 2.93. The van der Waals surface area contributed by atoms with Crippen LogP contribution in [0.4, 0.5) is 5.69 Å². The largest absolute Gasteiger partial charge is 0.506 e. The van der Waals surface area contributed by atoms with Crippen molar-refractivity contribution in [1.29, 1.82) is 0 Å². The van der Waals surface area contributed by atoms with Gasteiger partial charge in [-0.1, -0.05) is 31.2 Å². The van der Waals surface area contributed by atoms with E-state index >= 15 is 0 Å². The van der Waals surface area contributed by atoms with Gasteiger partial charge in [0.2, 0.25) is 0 Å². The number of amides is 1. The van der Waals surface area contributed by atoms with Crippen LogP contribution in [0.3, 0.4) is 0 Å². The first kappa shape index (κ1) is 20.7. The molecule has 2 aromatic carbocycles. The lowest BCUT2D eigenvalue weighted by Gasteiger charge is -2.17. The van der Waals surface area contributed by atoms with Crippen LogP contribution >= 0.6 is 0 Å². The number of hydrogen-bond donors (Lipinski definition) is 2. The van der Waals surface area contributed by atoms with Crippen molar-refractivity contribution in [2.75, 3.05) is 17.5 Å². The normalized spacial score (nSPS) is 16.9. The van der Waals surface area contributed by atoms with E-state index in [1.165, 1.54) is 12.1 Å². The van der Waals surface area contributed by atoms with Crippen LogP contribution in [0.5, 0.6) is 5.75 Å². The lowest BCUT2D eigenvalue weighted by Crippen LogP contribution is -2.29.